The summed E-state index contributed by atoms with van der Waals surface area (Å²) in [5.74, 6) is -0.0688. The molecule has 4 rings (SSSR count). The van der Waals surface area contributed by atoms with E-state index in [1.165, 1.54) is 59.4 Å². The Bertz CT molecular complexity index is 1260. The van der Waals surface area contributed by atoms with Crippen molar-refractivity contribution in [2.75, 3.05) is 25.7 Å². The Labute approximate surface area is 232 Å². The van der Waals surface area contributed by atoms with E-state index in [0.717, 1.165) is 18.7 Å². The predicted octanol–water partition coefficient (Wildman–Crippen LogP) is 5.98. The summed E-state index contributed by atoms with van der Waals surface area (Å²) >= 11 is 1.79. The number of aliphatic hydroxyl groups excluding tert-OH is 1. The second-order valence-electron chi connectivity index (χ2n) is 8.35. The molecule has 1 unspecified atom stereocenters. The molecule has 0 aliphatic carbocycles. The first kappa shape index (κ1) is 29.8. The molecule has 2 aromatic carbocycles. The smallest absolute Gasteiger partial charge is 0.337 e. The van der Waals surface area contributed by atoms with Gasteiger partial charge < -0.3 is 24.9 Å². The fourth-order valence-corrected chi connectivity index (χ4v) is 5.27. The number of nitrogens with one attached hydrogen (secondary N) is 2. The molecule has 0 bridgehead atoms. The first-order valence-electron chi connectivity index (χ1n) is 11.4. The third-order valence-electron chi connectivity index (χ3n) is 6.19. The molecule has 3 aromatic rings. The molecule has 0 spiro atoms. The Kier molecular flexibility index (Phi) is 10.7. The van der Waals surface area contributed by atoms with Gasteiger partial charge in [0, 0.05) is 56.8 Å². The minimum Gasteiger partial charge on any atom is -0.497 e. The number of ether oxygens (including phenoxy) is 2. The van der Waals surface area contributed by atoms with Gasteiger partial charge in [0.15, 0.2) is 0 Å². The number of anilines is 1. The number of rotatable bonds is 7. The number of benzene rings is 2. The van der Waals surface area contributed by atoms with Gasteiger partial charge in [0.25, 0.3) is 0 Å². The molecule has 3 N–H and O–H groups in total. The van der Waals surface area contributed by atoms with E-state index in [0.29, 0.717) is 11.1 Å². The van der Waals surface area contributed by atoms with Crippen molar-refractivity contribution < 1.29 is 36.2 Å². The van der Waals surface area contributed by atoms with Gasteiger partial charge in [-0.25, -0.2) is 4.79 Å². The number of carbonyl (C=O) groups excluding carboxylic acids is 1. The molecular weight excluding hydrogens is 533 g/mol. The minimum absolute atomic E-state index is 0. The van der Waals surface area contributed by atoms with Gasteiger partial charge in [0.2, 0.25) is 5.90 Å². The van der Waals surface area contributed by atoms with Crippen molar-refractivity contribution in [1.29, 1.82) is 10.8 Å². The van der Waals surface area contributed by atoms with Crippen LogP contribution in [0.5, 0.6) is 5.75 Å². The number of nitrogens with zero attached hydrogens (tertiary/aromatic N) is 1. The maximum absolute atomic E-state index is 11.0. The van der Waals surface area contributed by atoms with Gasteiger partial charge in [0.1, 0.15) is 5.75 Å². The maximum Gasteiger partial charge on any atom is 0.337 e. The summed E-state index contributed by atoms with van der Waals surface area (Å²) < 4.78 is 9.93. The van der Waals surface area contributed by atoms with Crippen LogP contribution in [0.25, 0.3) is 0 Å². The molecule has 1 aliphatic heterocycles. The number of likely N-dealkylation sites (N-methyl/N-ethyl adjacent to an activating group) is 1. The third-order valence-corrected chi connectivity index (χ3v) is 7.07. The van der Waals surface area contributed by atoms with Crippen LogP contribution in [0.2, 0.25) is 0 Å². The molecule has 9 heteroatoms. The summed E-state index contributed by atoms with van der Waals surface area (Å²) in [5.41, 5.74) is 4.30. The molecule has 0 amide bonds. The number of esters is 1. The van der Waals surface area contributed by atoms with Crippen molar-refractivity contribution in [2.24, 2.45) is 0 Å². The quantitative estimate of drug-likeness (QED) is 0.186. The van der Waals surface area contributed by atoms with Crippen LogP contribution in [0, 0.1) is 10.8 Å². The second kappa shape index (κ2) is 13.2. The topological polar surface area (TPSA) is 107 Å². The maximum atomic E-state index is 11.0. The molecule has 7 nitrogen and oxygen atoms in total. The van der Waals surface area contributed by atoms with Crippen LogP contribution in [-0.2, 0) is 33.4 Å². The zero-order valence-corrected chi connectivity index (χ0v) is 23.1. The second-order valence-corrected chi connectivity index (χ2v) is 9.38. The first-order valence-corrected chi connectivity index (χ1v) is 12.3. The van der Waals surface area contributed by atoms with Gasteiger partial charge in [-0.05, 0) is 85.8 Å². The van der Waals surface area contributed by atoms with Gasteiger partial charge in [-0.3, -0.25) is 5.41 Å². The zero-order valence-electron chi connectivity index (χ0n) is 21.2. The molecule has 0 fully saturated rings. The van der Waals surface area contributed by atoms with Crippen LogP contribution in [0.3, 0.4) is 0 Å². The average molecular weight is 565 g/mol. The number of aliphatic hydroxyl groups is 1. The van der Waals surface area contributed by atoms with Crippen molar-refractivity contribution in [3.05, 3.63) is 93.3 Å². The molecule has 1 atom stereocenters. The van der Waals surface area contributed by atoms with E-state index in [-0.39, 0.29) is 22.2 Å². The van der Waals surface area contributed by atoms with Crippen LogP contribution < -0.4 is 9.64 Å². The average Bonchev–Trinajstić information content (AvgIpc) is 3.48. The number of carbonyl (C=O) groups is 1. The largest absolute Gasteiger partial charge is 0.497 e. The first-order chi connectivity index (χ1) is 17.3. The predicted molar refractivity (Wildman–Crippen MR) is 145 cm³/mol. The van der Waals surface area contributed by atoms with Crippen molar-refractivity contribution in [3.63, 3.8) is 0 Å². The van der Waals surface area contributed by atoms with Crippen LogP contribution in [0.4, 0.5) is 5.69 Å². The summed E-state index contributed by atoms with van der Waals surface area (Å²) in [5, 5.41) is 25.4. The summed E-state index contributed by atoms with van der Waals surface area (Å²) in [7, 11) is 3.00. The van der Waals surface area contributed by atoms with E-state index in [1.54, 1.807) is 18.4 Å². The molecule has 1 aliphatic rings. The molecule has 1 aromatic heterocycles. The zero-order chi connectivity index (χ0) is 26.3. The normalized spacial score (nSPS) is 16.6. The van der Waals surface area contributed by atoms with Crippen molar-refractivity contribution in [2.45, 2.75) is 25.7 Å². The summed E-state index contributed by atoms with van der Waals surface area (Å²) in [4.78, 5) is 14.6. The Balaban J connectivity index is 0.000000295. The number of fused-ring (bicyclic) bond motifs is 1. The molecule has 37 heavy (non-hydrogen) atoms. The number of methoxy groups -OCH3 is 2. The van der Waals surface area contributed by atoms with Crippen LogP contribution >= 0.6 is 11.3 Å². The number of thiophene rings is 1. The van der Waals surface area contributed by atoms with Crippen molar-refractivity contribution in [1.82, 2.24) is 0 Å². The molecular formula is C28H31CoN3O4S. The van der Waals surface area contributed by atoms with Gasteiger partial charge >= 0.3 is 5.97 Å². The van der Waals surface area contributed by atoms with Crippen LogP contribution in [0.1, 0.15) is 40.2 Å². The van der Waals surface area contributed by atoms with E-state index in [2.05, 4.69) is 53.1 Å². The van der Waals surface area contributed by atoms with Crippen molar-refractivity contribution >= 4 is 35.1 Å². The Morgan fingerprint density at radius 2 is 1.81 bits per heavy atom. The Hall–Kier alpha value is -3.40. The number of hydrogen-bond donors (Lipinski definition) is 3. The standard InChI is InChI=1S/C19H22N2OS.C9H9NO3.Co/c1-4-21-17-8-7-14(22-3)12-16(17)19(2,18(21)9-10-20)13-15-6-5-11-23-15;1-13-9(12)7-4-2-6(3-5-7)8(10)11;/h5-12,20H,4,13H2,1-3H3;2-5H,1H3,(H2,10,11);/b18-9-,20-10?;;. The monoisotopic (exact) mass is 564 g/mol. The SMILES string of the molecule is CCN1/C(=C\C=N)C(C)(Cc2cccs2)c2cc(OC)ccc21.COC(=O)c1ccc(C(=N)O)cc1.[Co]. The molecule has 197 valence electrons. The van der Waals surface area contributed by atoms with Crippen molar-refractivity contribution in [3.8, 4) is 5.75 Å². The molecule has 1 radical (unpaired) electrons. The minimum atomic E-state index is -0.517. The molecule has 0 saturated heterocycles. The van der Waals surface area contributed by atoms with E-state index < -0.39 is 11.9 Å². The molecule has 0 saturated carbocycles. The Morgan fingerprint density at radius 3 is 2.32 bits per heavy atom. The Morgan fingerprint density at radius 1 is 1.14 bits per heavy atom. The van der Waals surface area contributed by atoms with Gasteiger partial charge in [0.05, 0.1) is 19.8 Å². The summed E-state index contributed by atoms with van der Waals surface area (Å²) in [6, 6.07) is 16.5. The van der Waals surface area contributed by atoms with Crippen LogP contribution in [0.15, 0.2) is 71.8 Å². The number of hydrogen-bond acceptors (Lipinski definition) is 7. The molecule has 2 heterocycles. The fourth-order valence-electron chi connectivity index (χ4n) is 4.41. The van der Waals surface area contributed by atoms with E-state index in [4.69, 9.17) is 20.7 Å². The van der Waals surface area contributed by atoms with E-state index >= 15 is 0 Å². The van der Waals surface area contributed by atoms with Gasteiger partial charge in [-0.15, -0.1) is 11.3 Å². The van der Waals surface area contributed by atoms with E-state index in [1.807, 2.05) is 12.1 Å². The summed E-state index contributed by atoms with van der Waals surface area (Å²) in [6.07, 6.45) is 4.26. The van der Waals surface area contributed by atoms with Crippen LogP contribution in [-0.4, -0.2) is 44.0 Å². The number of allylic oxidation sites excluding steroid dienone is 2. The van der Waals surface area contributed by atoms with Gasteiger partial charge in [-0.2, -0.15) is 0 Å². The fraction of sp³-hybridized carbons (Fsp3) is 0.250. The van der Waals surface area contributed by atoms with E-state index in [9.17, 15) is 4.79 Å². The third kappa shape index (κ3) is 6.49. The van der Waals surface area contributed by atoms with Gasteiger partial charge in [-0.1, -0.05) is 6.07 Å². The summed E-state index contributed by atoms with van der Waals surface area (Å²) in [6.45, 7) is 5.32.